The lowest BCUT2D eigenvalue weighted by Gasteiger charge is -2.31. The van der Waals surface area contributed by atoms with E-state index < -0.39 is 0 Å². The number of aliphatic hydroxyl groups is 1. The Morgan fingerprint density at radius 3 is 2.35 bits per heavy atom. The second kappa shape index (κ2) is 8.67. The second-order valence-corrected chi connectivity index (χ2v) is 7.19. The van der Waals surface area contributed by atoms with E-state index in [1.807, 2.05) is 0 Å². The van der Waals surface area contributed by atoms with E-state index in [1.165, 1.54) is 11.3 Å². The van der Waals surface area contributed by atoms with Gasteiger partial charge in [0.15, 0.2) is 0 Å². The van der Waals surface area contributed by atoms with Gasteiger partial charge in [0.05, 0.1) is 6.10 Å². The van der Waals surface area contributed by atoms with Gasteiger partial charge in [0, 0.05) is 30.9 Å². The number of nitrogens with one attached hydrogen (secondary N) is 1. The molecule has 0 bridgehead atoms. The summed E-state index contributed by atoms with van der Waals surface area (Å²) < 4.78 is 0. The average molecular weight is 319 g/mol. The molecule has 1 saturated heterocycles. The number of piperidine rings is 1. The zero-order valence-corrected chi connectivity index (χ0v) is 15.1. The van der Waals surface area contributed by atoms with Crippen LogP contribution in [-0.2, 0) is 0 Å². The lowest BCUT2D eigenvalue weighted by molar-refractivity contribution is 0.145. The van der Waals surface area contributed by atoms with E-state index in [9.17, 15) is 5.11 Å². The Morgan fingerprint density at radius 1 is 1.17 bits per heavy atom. The maximum atomic E-state index is 9.61. The van der Waals surface area contributed by atoms with E-state index >= 15 is 0 Å². The van der Waals surface area contributed by atoms with Gasteiger partial charge >= 0.3 is 0 Å². The van der Waals surface area contributed by atoms with Crippen molar-refractivity contribution in [3.63, 3.8) is 0 Å². The molecule has 23 heavy (non-hydrogen) atoms. The van der Waals surface area contributed by atoms with Crippen molar-refractivity contribution in [2.75, 3.05) is 38.6 Å². The van der Waals surface area contributed by atoms with Gasteiger partial charge < -0.3 is 20.2 Å². The van der Waals surface area contributed by atoms with Gasteiger partial charge in [-0.15, -0.1) is 0 Å². The molecule has 1 aromatic rings. The van der Waals surface area contributed by atoms with Crippen LogP contribution in [0.2, 0.25) is 0 Å². The largest absolute Gasteiger partial charge is 0.393 e. The minimum absolute atomic E-state index is 0.113. The zero-order chi connectivity index (χ0) is 16.8. The highest BCUT2D eigenvalue weighted by Crippen LogP contribution is 2.23. The molecule has 130 valence electrons. The average Bonchev–Trinajstić information content (AvgIpc) is 2.54. The first-order chi connectivity index (χ1) is 11.0. The van der Waals surface area contributed by atoms with Crippen LogP contribution in [0, 0.1) is 0 Å². The third kappa shape index (κ3) is 5.79. The topological polar surface area (TPSA) is 38.7 Å². The van der Waals surface area contributed by atoms with Crippen molar-refractivity contribution in [3.8, 4) is 0 Å². The van der Waals surface area contributed by atoms with Gasteiger partial charge in [0.25, 0.3) is 0 Å². The number of benzene rings is 1. The Balaban J connectivity index is 1.86. The summed E-state index contributed by atoms with van der Waals surface area (Å²) in [4.78, 5) is 4.60. The molecule has 1 aliphatic rings. The van der Waals surface area contributed by atoms with Crippen molar-refractivity contribution in [1.82, 2.24) is 10.2 Å². The predicted molar refractivity (Wildman–Crippen MR) is 98.1 cm³/mol. The van der Waals surface area contributed by atoms with Crippen molar-refractivity contribution >= 4 is 5.69 Å². The van der Waals surface area contributed by atoms with E-state index in [0.29, 0.717) is 12.1 Å². The molecule has 1 fully saturated rings. The van der Waals surface area contributed by atoms with Crippen LogP contribution in [0.3, 0.4) is 0 Å². The summed E-state index contributed by atoms with van der Waals surface area (Å²) in [7, 11) is 4.24. The zero-order valence-electron chi connectivity index (χ0n) is 15.1. The molecule has 0 aliphatic carbocycles. The lowest BCUT2D eigenvalue weighted by atomic mass is 10.0. The summed E-state index contributed by atoms with van der Waals surface area (Å²) in [5, 5.41) is 13.3. The summed E-state index contributed by atoms with van der Waals surface area (Å²) >= 11 is 0. The molecule has 2 rings (SSSR count). The smallest absolute Gasteiger partial charge is 0.0574 e. The standard InChI is InChI=1S/C19H33N3O/c1-15(9-12-21(3)4)20-16(2)17-5-7-18(8-6-17)22-13-10-19(23)11-14-22/h5-8,15-16,19-20,23H,9-14H2,1-4H3. The van der Waals surface area contributed by atoms with Crippen molar-refractivity contribution < 1.29 is 5.11 Å². The number of hydrogen-bond acceptors (Lipinski definition) is 4. The summed E-state index contributed by atoms with van der Waals surface area (Å²) in [5.41, 5.74) is 2.61. The van der Waals surface area contributed by atoms with E-state index in [2.05, 4.69) is 67.3 Å². The molecule has 0 amide bonds. The van der Waals surface area contributed by atoms with Crippen molar-refractivity contribution in [2.24, 2.45) is 0 Å². The Hall–Kier alpha value is -1.10. The second-order valence-electron chi connectivity index (χ2n) is 7.19. The minimum atomic E-state index is -0.113. The van der Waals surface area contributed by atoms with Crippen LogP contribution in [0.15, 0.2) is 24.3 Å². The van der Waals surface area contributed by atoms with E-state index in [4.69, 9.17) is 0 Å². The molecule has 0 saturated carbocycles. The fourth-order valence-electron chi connectivity index (χ4n) is 3.16. The molecule has 2 atom stereocenters. The monoisotopic (exact) mass is 319 g/mol. The van der Waals surface area contributed by atoms with Gasteiger partial charge in [0.2, 0.25) is 0 Å². The maximum absolute atomic E-state index is 9.61. The minimum Gasteiger partial charge on any atom is -0.393 e. The molecular formula is C19H33N3O. The molecule has 2 unspecified atom stereocenters. The van der Waals surface area contributed by atoms with E-state index in [-0.39, 0.29) is 6.10 Å². The molecule has 1 heterocycles. The predicted octanol–water partition coefficient (Wildman–Crippen LogP) is 2.64. The van der Waals surface area contributed by atoms with Crippen molar-refractivity contribution in [3.05, 3.63) is 29.8 Å². The molecule has 0 spiro atoms. The first-order valence-corrected chi connectivity index (χ1v) is 8.89. The van der Waals surface area contributed by atoms with Crippen LogP contribution in [-0.4, -0.2) is 55.9 Å². The molecule has 1 aliphatic heterocycles. The van der Waals surface area contributed by atoms with Crippen LogP contribution in [0.1, 0.15) is 44.7 Å². The van der Waals surface area contributed by atoms with Crippen molar-refractivity contribution in [1.29, 1.82) is 0 Å². The Morgan fingerprint density at radius 2 is 1.78 bits per heavy atom. The summed E-state index contributed by atoms with van der Waals surface area (Å²) in [6, 6.07) is 9.78. The third-order valence-electron chi connectivity index (χ3n) is 4.77. The summed E-state index contributed by atoms with van der Waals surface area (Å²) in [6.07, 6.45) is 2.80. The normalized spacial score (nSPS) is 19.1. The van der Waals surface area contributed by atoms with E-state index in [1.54, 1.807) is 0 Å². The lowest BCUT2D eigenvalue weighted by Crippen LogP contribution is -2.35. The van der Waals surface area contributed by atoms with Gasteiger partial charge in [-0.2, -0.15) is 0 Å². The van der Waals surface area contributed by atoms with Crippen LogP contribution < -0.4 is 10.2 Å². The number of anilines is 1. The van der Waals surface area contributed by atoms with E-state index in [0.717, 1.165) is 38.9 Å². The molecule has 0 radical (unpaired) electrons. The number of hydrogen-bond donors (Lipinski definition) is 2. The number of rotatable bonds is 7. The Bertz CT molecular complexity index is 452. The fourth-order valence-corrected chi connectivity index (χ4v) is 3.16. The molecule has 4 heteroatoms. The Kier molecular flexibility index (Phi) is 6.88. The highest BCUT2D eigenvalue weighted by Gasteiger charge is 2.17. The first-order valence-electron chi connectivity index (χ1n) is 8.89. The number of aliphatic hydroxyl groups excluding tert-OH is 1. The van der Waals surface area contributed by atoms with Crippen LogP contribution in [0.5, 0.6) is 0 Å². The number of nitrogens with zero attached hydrogens (tertiary/aromatic N) is 2. The molecule has 0 aromatic heterocycles. The maximum Gasteiger partial charge on any atom is 0.0574 e. The van der Waals surface area contributed by atoms with Gasteiger partial charge in [-0.3, -0.25) is 0 Å². The highest BCUT2D eigenvalue weighted by molar-refractivity contribution is 5.48. The quantitative estimate of drug-likeness (QED) is 0.810. The van der Waals surface area contributed by atoms with Gasteiger partial charge in [-0.05, 0) is 71.4 Å². The van der Waals surface area contributed by atoms with Crippen LogP contribution in [0.4, 0.5) is 5.69 Å². The first kappa shape index (κ1) is 18.2. The molecule has 2 N–H and O–H groups in total. The van der Waals surface area contributed by atoms with Crippen molar-refractivity contribution in [2.45, 2.75) is 51.3 Å². The van der Waals surface area contributed by atoms with Gasteiger partial charge in [-0.1, -0.05) is 12.1 Å². The fraction of sp³-hybridized carbons (Fsp3) is 0.684. The molecule has 1 aromatic carbocycles. The van der Waals surface area contributed by atoms with Gasteiger partial charge in [-0.25, -0.2) is 0 Å². The summed E-state index contributed by atoms with van der Waals surface area (Å²) in [6.45, 7) is 7.51. The summed E-state index contributed by atoms with van der Waals surface area (Å²) in [5.74, 6) is 0. The third-order valence-corrected chi connectivity index (χ3v) is 4.77. The SMILES string of the molecule is CC(CCN(C)C)NC(C)c1ccc(N2CCC(O)CC2)cc1. The van der Waals surface area contributed by atoms with Gasteiger partial charge in [0.1, 0.15) is 0 Å². The van der Waals surface area contributed by atoms with Crippen LogP contribution >= 0.6 is 0 Å². The highest BCUT2D eigenvalue weighted by atomic mass is 16.3. The molecule has 4 nitrogen and oxygen atoms in total. The van der Waals surface area contributed by atoms with Crippen LogP contribution in [0.25, 0.3) is 0 Å². The molecular weight excluding hydrogens is 286 g/mol. The Labute approximate surface area is 141 Å².